The Labute approximate surface area is 122 Å². The summed E-state index contributed by atoms with van der Waals surface area (Å²) in [4.78, 5) is 12.7. The van der Waals surface area contributed by atoms with Crippen LogP contribution in [-0.4, -0.2) is 12.5 Å². The van der Waals surface area contributed by atoms with Crippen molar-refractivity contribution in [2.24, 2.45) is 5.73 Å². The minimum atomic E-state index is -0.0421. The van der Waals surface area contributed by atoms with Gasteiger partial charge in [-0.05, 0) is 36.1 Å². The van der Waals surface area contributed by atoms with Crippen LogP contribution in [0.25, 0.3) is 0 Å². The Hall–Kier alpha value is -2.09. The topological polar surface area (TPSA) is 55.1 Å². The fourth-order valence-corrected chi connectivity index (χ4v) is 2.39. The highest BCUT2D eigenvalue weighted by molar-refractivity contribution is 7.12. The van der Waals surface area contributed by atoms with Crippen LogP contribution in [0.15, 0.2) is 41.8 Å². The number of hydrogen-bond donors (Lipinski definition) is 2. The number of nitrogens with one attached hydrogen (secondary N) is 1. The maximum absolute atomic E-state index is 12.0. The summed E-state index contributed by atoms with van der Waals surface area (Å²) in [5.74, 6) is 5.74. The third-order valence-electron chi connectivity index (χ3n) is 2.84. The SMILES string of the molecule is CC(NC(=O)c1cccs1)c1ccc(C#CCN)cc1. The number of benzene rings is 1. The van der Waals surface area contributed by atoms with Crippen LogP contribution in [0.5, 0.6) is 0 Å². The van der Waals surface area contributed by atoms with Crippen molar-refractivity contribution in [3.05, 3.63) is 57.8 Å². The lowest BCUT2D eigenvalue weighted by Crippen LogP contribution is -2.25. The van der Waals surface area contributed by atoms with Gasteiger partial charge in [-0.25, -0.2) is 0 Å². The first-order valence-corrected chi connectivity index (χ1v) is 7.22. The fraction of sp³-hybridized carbons (Fsp3) is 0.188. The van der Waals surface area contributed by atoms with Gasteiger partial charge in [0.1, 0.15) is 0 Å². The zero-order valence-corrected chi connectivity index (χ0v) is 12.0. The van der Waals surface area contributed by atoms with E-state index < -0.39 is 0 Å². The van der Waals surface area contributed by atoms with Crippen molar-refractivity contribution in [3.8, 4) is 11.8 Å². The van der Waals surface area contributed by atoms with E-state index in [0.29, 0.717) is 6.54 Å². The Balaban J connectivity index is 2.02. The van der Waals surface area contributed by atoms with Crippen molar-refractivity contribution < 1.29 is 4.79 Å². The van der Waals surface area contributed by atoms with Crippen LogP contribution in [0.4, 0.5) is 0 Å². The largest absolute Gasteiger partial charge is 0.345 e. The molecule has 1 unspecified atom stereocenters. The molecule has 1 heterocycles. The normalized spacial score (nSPS) is 11.3. The molecule has 2 aromatic rings. The third-order valence-corrected chi connectivity index (χ3v) is 3.71. The van der Waals surface area contributed by atoms with Gasteiger partial charge >= 0.3 is 0 Å². The van der Waals surface area contributed by atoms with Crippen LogP contribution in [-0.2, 0) is 0 Å². The van der Waals surface area contributed by atoms with Crippen molar-refractivity contribution in [1.82, 2.24) is 5.32 Å². The van der Waals surface area contributed by atoms with E-state index in [1.165, 1.54) is 11.3 Å². The molecule has 0 aliphatic heterocycles. The van der Waals surface area contributed by atoms with Crippen LogP contribution in [0, 0.1) is 11.8 Å². The second-order valence-electron chi connectivity index (χ2n) is 4.30. The van der Waals surface area contributed by atoms with Gasteiger partial charge in [-0.1, -0.05) is 30.0 Å². The van der Waals surface area contributed by atoms with E-state index in [2.05, 4.69) is 17.2 Å². The van der Waals surface area contributed by atoms with Gasteiger partial charge in [0, 0.05) is 5.56 Å². The lowest BCUT2D eigenvalue weighted by atomic mass is 10.1. The number of carbonyl (C=O) groups is 1. The predicted octanol–water partition coefficient (Wildman–Crippen LogP) is 2.55. The Bertz CT molecular complexity index is 621. The molecule has 0 saturated heterocycles. The first-order valence-electron chi connectivity index (χ1n) is 6.34. The van der Waals surface area contributed by atoms with Gasteiger partial charge in [-0.3, -0.25) is 4.79 Å². The number of amides is 1. The number of rotatable bonds is 3. The van der Waals surface area contributed by atoms with Gasteiger partial charge in [-0.2, -0.15) is 0 Å². The highest BCUT2D eigenvalue weighted by Gasteiger charge is 2.11. The molecule has 0 radical (unpaired) electrons. The Kier molecular flexibility index (Phi) is 4.94. The van der Waals surface area contributed by atoms with Gasteiger partial charge in [0.15, 0.2) is 0 Å². The summed E-state index contributed by atoms with van der Waals surface area (Å²) in [5, 5.41) is 4.87. The van der Waals surface area contributed by atoms with Gasteiger partial charge in [0.2, 0.25) is 0 Å². The van der Waals surface area contributed by atoms with E-state index in [0.717, 1.165) is 16.0 Å². The Morgan fingerprint density at radius 3 is 2.70 bits per heavy atom. The van der Waals surface area contributed by atoms with E-state index in [4.69, 9.17) is 5.73 Å². The zero-order chi connectivity index (χ0) is 14.4. The molecule has 2 rings (SSSR count). The summed E-state index contributed by atoms with van der Waals surface area (Å²) >= 11 is 1.44. The number of carbonyl (C=O) groups excluding carboxylic acids is 1. The highest BCUT2D eigenvalue weighted by atomic mass is 32.1. The summed E-state index contributed by atoms with van der Waals surface area (Å²) in [7, 11) is 0. The number of nitrogens with two attached hydrogens (primary N) is 1. The van der Waals surface area contributed by atoms with Crippen molar-refractivity contribution in [2.75, 3.05) is 6.54 Å². The molecule has 102 valence electrons. The van der Waals surface area contributed by atoms with E-state index in [9.17, 15) is 4.79 Å². The van der Waals surface area contributed by atoms with E-state index in [1.54, 1.807) is 0 Å². The van der Waals surface area contributed by atoms with Crippen molar-refractivity contribution >= 4 is 17.2 Å². The van der Waals surface area contributed by atoms with Crippen LogP contribution < -0.4 is 11.1 Å². The monoisotopic (exact) mass is 284 g/mol. The second-order valence-corrected chi connectivity index (χ2v) is 5.25. The minimum Gasteiger partial charge on any atom is -0.345 e. The van der Waals surface area contributed by atoms with Gasteiger partial charge < -0.3 is 11.1 Å². The minimum absolute atomic E-state index is 0.0406. The van der Waals surface area contributed by atoms with Crippen molar-refractivity contribution in [3.63, 3.8) is 0 Å². The number of hydrogen-bond acceptors (Lipinski definition) is 3. The summed E-state index contributed by atoms with van der Waals surface area (Å²) in [6.45, 7) is 2.32. The predicted molar refractivity (Wildman–Crippen MR) is 82.6 cm³/mol. The average molecular weight is 284 g/mol. The molecule has 0 aliphatic carbocycles. The van der Waals surface area contributed by atoms with Crippen LogP contribution in [0.2, 0.25) is 0 Å². The second kappa shape index (κ2) is 6.90. The van der Waals surface area contributed by atoms with E-state index >= 15 is 0 Å². The molecule has 0 aliphatic rings. The zero-order valence-electron chi connectivity index (χ0n) is 11.2. The molecule has 0 fully saturated rings. The van der Waals surface area contributed by atoms with Crippen LogP contribution >= 0.6 is 11.3 Å². The first-order chi connectivity index (χ1) is 9.70. The lowest BCUT2D eigenvalue weighted by Gasteiger charge is -2.13. The first kappa shape index (κ1) is 14.3. The number of thiophene rings is 1. The molecule has 1 aromatic heterocycles. The summed E-state index contributed by atoms with van der Waals surface area (Å²) in [5.41, 5.74) is 7.31. The molecule has 4 heteroatoms. The van der Waals surface area contributed by atoms with Gasteiger partial charge in [-0.15, -0.1) is 11.3 Å². The van der Waals surface area contributed by atoms with Gasteiger partial charge in [0.25, 0.3) is 5.91 Å². The summed E-state index contributed by atoms with van der Waals surface area (Å²) in [6, 6.07) is 11.5. The fourth-order valence-electron chi connectivity index (χ4n) is 1.77. The Morgan fingerprint density at radius 2 is 2.10 bits per heavy atom. The molecular formula is C16H16N2OS. The standard InChI is InChI=1S/C16H16N2OS/c1-12(18-16(19)15-5-3-11-20-15)14-8-6-13(7-9-14)4-2-10-17/h3,5-9,11-12H,10,17H2,1H3,(H,18,19). The Morgan fingerprint density at radius 1 is 1.35 bits per heavy atom. The molecule has 0 spiro atoms. The molecule has 3 N–H and O–H groups in total. The van der Waals surface area contributed by atoms with Crippen LogP contribution in [0.1, 0.15) is 33.8 Å². The van der Waals surface area contributed by atoms with E-state index in [1.807, 2.05) is 48.7 Å². The lowest BCUT2D eigenvalue weighted by molar-refractivity contribution is 0.0944. The average Bonchev–Trinajstić information content (AvgIpc) is 3.00. The molecule has 1 amide bonds. The van der Waals surface area contributed by atoms with E-state index in [-0.39, 0.29) is 11.9 Å². The molecule has 0 bridgehead atoms. The smallest absolute Gasteiger partial charge is 0.261 e. The van der Waals surface area contributed by atoms with Crippen molar-refractivity contribution in [1.29, 1.82) is 0 Å². The third kappa shape index (κ3) is 3.70. The van der Waals surface area contributed by atoms with Crippen LogP contribution in [0.3, 0.4) is 0 Å². The molecule has 0 saturated carbocycles. The molecule has 1 aromatic carbocycles. The highest BCUT2D eigenvalue weighted by Crippen LogP contribution is 2.15. The summed E-state index contributed by atoms with van der Waals surface area (Å²) < 4.78 is 0. The quantitative estimate of drug-likeness (QED) is 0.851. The summed E-state index contributed by atoms with van der Waals surface area (Å²) in [6.07, 6.45) is 0. The molecule has 1 atom stereocenters. The molecule has 20 heavy (non-hydrogen) atoms. The maximum atomic E-state index is 12.0. The van der Waals surface area contributed by atoms with Gasteiger partial charge in [0.05, 0.1) is 17.5 Å². The molecular weight excluding hydrogens is 268 g/mol. The molecule has 3 nitrogen and oxygen atoms in total. The maximum Gasteiger partial charge on any atom is 0.261 e. The van der Waals surface area contributed by atoms with Crippen molar-refractivity contribution in [2.45, 2.75) is 13.0 Å².